The van der Waals surface area contributed by atoms with Crippen molar-refractivity contribution in [3.05, 3.63) is 52.5 Å². The van der Waals surface area contributed by atoms with Crippen LogP contribution in [0.2, 0.25) is 0 Å². The van der Waals surface area contributed by atoms with Crippen LogP contribution in [0.4, 0.5) is 5.69 Å². The Balaban J connectivity index is 1.77. The minimum atomic E-state index is 0.499. The highest BCUT2D eigenvalue weighted by Crippen LogP contribution is 2.21. The van der Waals surface area contributed by atoms with Crippen molar-refractivity contribution in [2.24, 2.45) is 0 Å². The lowest BCUT2D eigenvalue weighted by molar-refractivity contribution is 0.217. The van der Waals surface area contributed by atoms with Crippen LogP contribution in [0.1, 0.15) is 5.56 Å². The second kappa shape index (κ2) is 6.48. The zero-order valence-corrected chi connectivity index (χ0v) is 12.3. The molecule has 0 saturated carbocycles. The smallest absolute Gasteiger partial charge is 0.122 e. The van der Waals surface area contributed by atoms with Crippen LogP contribution in [0.15, 0.2) is 46.9 Å². The predicted octanol–water partition coefficient (Wildman–Crippen LogP) is 3.80. The highest BCUT2D eigenvalue weighted by atomic mass is 79.9. The number of nitrogens with two attached hydrogens (primary N) is 1. The van der Waals surface area contributed by atoms with Crippen molar-refractivity contribution in [2.75, 3.05) is 18.9 Å². The van der Waals surface area contributed by atoms with Crippen molar-refractivity contribution in [3.63, 3.8) is 0 Å². The topological polar surface area (TPSA) is 44.5 Å². The van der Waals surface area contributed by atoms with Crippen LogP contribution in [0, 0.1) is 6.92 Å². The van der Waals surface area contributed by atoms with Crippen molar-refractivity contribution in [1.82, 2.24) is 0 Å². The molecule has 2 aromatic rings. The van der Waals surface area contributed by atoms with Gasteiger partial charge in [-0.15, -0.1) is 0 Å². The van der Waals surface area contributed by atoms with E-state index >= 15 is 0 Å². The van der Waals surface area contributed by atoms with Gasteiger partial charge in [0, 0.05) is 10.2 Å². The maximum atomic E-state index is 5.62. The Kier molecular flexibility index (Phi) is 4.68. The van der Waals surface area contributed by atoms with Crippen molar-refractivity contribution in [3.8, 4) is 11.5 Å². The summed E-state index contributed by atoms with van der Waals surface area (Å²) in [5, 5.41) is 0. The second-order valence-electron chi connectivity index (χ2n) is 4.18. The lowest BCUT2D eigenvalue weighted by Crippen LogP contribution is -2.09. The molecule has 4 heteroatoms. The fourth-order valence-corrected chi connectivity index (χ4v) is 1.84. The number of rotatable bonds is 5. The Bertz CT molecular complexity index is 540. The first kappa shape index (κ1) is 13.7. The average molecular weight is 322 g/mol. The molecule has 3 nitrogen and oxygen atoms in total. The molecular formula is C15H16BrNO2. The van der Waals surface area contributed by atoms with Gasteiger partial charge in [0.1, 0.15) is 24.7 Å². The van der Waals surface area contributed by atoms with E-state index in [2.05, 4.69) is 15.9 Å². The Hall–Kier alpha value is -1.68. The van der Waals surface area contributed by atoms with Gasteiger partial charge < -0.3 is 15.2 Å². The highest BCUT2D eigenvalue weighted by molar-refractivity contribution is 9.10. The van der Waals surface area contributed by atoms with Gasteiger partial charge in [-0.05, 0) is 55.0 Å². The molecule has 0 heterocycles. The number of anilines is 1. The summed E-state index contributed by atoms with van der Waals surface area (Å²) in [6.45, 7) is 3.03. The van der Waals surface area contributed by atoms with Crippen LogP contribution in [0.5, 0.6) is 11.5 Å². The highest BCUT2D eigenvalue weighted by Gasteiger charge is 1.99. The van der Waals surface area contributed by atoms with Gasteiger partial charge >= 0.3 is 0 Å². The third-order valence-corrected chi connectivity index (χ3v) is 3.52. The number of aryl methyl sites for hydroxylation is 1. The van der Waals surface area contributed by atoms with Crippen LogP contribution in [-0.4, -0.2) is 13.2 Å². The summed E-state index contributed by atoms with van der Waals surface area (Å²) in [5.41, 5.74) is 7.48. The van der Waals surface area contributed by atoms with E-state index in [4.69, 9.17) is 15.2 Å². The molecular weight excluding hydrogens is 306 g/mol. The van der Waals surface area contributed by atoms with Crippen molar-refractivity contribution < 1.29 is 9.47 Å². The summed E-state index contributed by atoms with van der Waals surface area (Å²) in [6.07, 6.45) is 0. The first-order chi connectivity index (χ1) is 9.15. The Morgan fingerprint density at radius 2 is 1.53 bits per heavy atom. The molecule has 100 valence electrons. The molecule has 0 atom stereocenters. The largest absolute Gasteiger partial charge is 0.490 e. The summed E-state index contributed by atoms with van der Waals surface area (Å²) in [6, 6.07) is 13.2. The first-order valence-corrected chi connectivity index (χ1v) is 6.82. The monoisotopic (exact) mass is 321 g/mol. The van der Waals surface area contributed by atoms with E-state index in [1.807, 2.05) is 49.4 Å². The van der Waals surface area contributed by atoms with Crippen LogP contribution in [0.3, 0.4) is 0 Å². The van der Waals surface area contributed by atoms with Crippen LogP contribution in [-0.2, 0) is 0 Å². The number of halogens is 1. The third kappa shape index (κ3) is 4.17. The average Bonchev–Trinajstić information content (AvgIpc) is 2.41. The summed E-state index contributed by atoms with van der Waals surface area (Å²) in [4.78, 5) is 0. The van der Waals surface area contributed by atoms with Gasteiger partial charge in [0.05, 0.1) is 0 Å². The lowest BCUT2D eigenvalue weighted by Gasteiger charge is -2.09. The number of nitrogen functional groups attached to an aromatic ring is 1. The van der Waals surface area contributed by atoms with Gasteiger partial charge in [0.15, 0.2) is 0 Å². The summed E-state index contributed by atoms with van der Waals surface area (Å²) in [7, 11) is 0. The van der Waals surface area contributed by atoms with Crippen LogP contribution in [0.25, 0.3) is 0 Å². The van der Waals surface area contributed by atoms with Crippen molar-refractivity contribution in [1.29, 1.82) is 0 Å². The van der Waals surface area contributed by atoms with E-state index < -0.39 is 0 Å². The van der Waals surface area contributed by atoms with E-state index in [1.165, 1.54) is 0 Å². The quantitative estimate of drug-likeness (QED) is 0.673. The van der Waals surface area contributed by atoms with Gasteiger partial charge in [-0.2, -0.15) is 0 Å². The maximum Gasteiger partial charge on any atom is 0.122 e. The Morgan fingerprint density at radius 3 is 2.16 bits per heavy atom. The molecule has 0 spiro atoms. The zero-order chi connectivity index (χ0) is 13.7. The summed E-state index contributed by atoms with van der Waals surface area (Å²) < 4.78 is 12.2. The first-order valence-electron chi connectivity index (χ1n) is 6.02. The molecule has 2 rings (SSSR count). The number of benzene rings is 2. The van der Waals surface area contributed by atoms with E-state index in [-0.39, 0.29) is 0 Å². The van der Waals surface area contributed by atoms with Gasteiger partial charge in [0.2, 0.25) is 0 Å². The molecule has 0 aliphatic carbocycles. The fourth-order valence-electron chi connectivity index (χ4n) is 1.59. The molecule has 0 amide bonds. The van der Waals surface area contributed by atoms with Gasteiger partial charge in [-0.25, -0.2) is 0 Å². The number of hydrogen-bond donors (Lipinski definition) is 1. The van der Waals surface area contributed by atoms with Crippen LogP contribution < -0.4 is 15.2 Å². The third-order valence-electron chi connectivity index (χ3n) is 2.63. The van der Waals surface area contributed by atoms with Crippen molar-refractivity contribution >= 4 is 21.6 Å². The van der Waals surface area contributed by atoms with E-state index in [1.54, 1.807) is 0 Å². The molecule has 0 aliphatic rings. The Morgan fingerprint density at radius 1 is 0.947 bits per heavy atom. The fraction of sp³-hybridized carbons (Fsp3) is 0.200. The predicted molar refractivity (Wildman–Crippen MR) is 80.7 cm³/mol. The molecule has 2 N–H and O–H groups in total. The summed E-state index contributed by atoms with van der Waals surface area (Å²) in [5.74, 6) is 1.64. The van der Waals surface area contributed by atoms with Gasteiger partial charge in [-0.3, -0.25) is 0 Å². The van der Waals surface area contributed by atoms with E-state index in [0.29, 0.717) is 13.2 Å². The standard InChI is InChI=1S/C15H16BrNO2/c1-11-10-14(6-7-15(11)16)19-9-8-18-13-4-2-12(17)3-5-13/h2-7,10H,8-9,17H2,1H3. The molecule has 19 heavy (non-hydrogen) atoms. The molecule has 2 aromatic carbocycles. The molecule has 0 unspecified atom stereocenters. The minimum Gasteiger partial charge on any atom is -0.490 e. The van der Waals surface area contributed by atoms with Crippen molar-refractivity contribution in [2.45, 2.75) is 6.92 Å². The summed E-state index contributed by atoms with van der Waals surface area (Å²) >= 11 is 3.46. The molecule has 0 bridgehead atoms. The van der Waals surface area contributed by atoms with E-state index in [0.717, 1.165) is 27.2 Å². The minimum absolute atomic E-state index is 0.499. The SMILES string of the molecule is Cc1cc(OCCOc2ccc(N)cc2)ccc1Br. The molecule has 0 aromatic heterocycles. The maximum absolute atomic E-state index is 5.62. The number of hydrogen-bond acceptors (Lipinski definition) is 3. The van der Waals surface area contributed by atoms with Gasteiger partial charge in [-0.1, -0.05) is 15.9 Å². The second-order valence-corrected chi connectivity index (χ2v) is 5.03. The normalized spacial score (nSPS) is 10.2. The molecule has 0 radical (unpaired) electrons. The molecule has 0 saturated heterocycles. The van der Waals surface area contributed by atoms with Gasteiger partial charge in [0.25, 0.3) is 0 Å². The number of ether oxygens (including phenoxy) is 2. The Labute approximate surface area is 121 Å². The van der Waals surface area contributed by atoms with Crippen LogP contribution >= 0.6 is 15.9 Å². The lowest BCUT2D eigenvalue weighted by atomic mass is 10.2. The zero-order valence-electron chi connectivity index (χ0n) is 10.7. The molecule has 0 fully saturated rings. The molecule has 0 aliphatic heterocycles. The van der Waals surface area contributed by atoms with E-state index in [9.17, 15) is 0 Å².